The van der Waals surface area contributed by atoms with Crippen molar-refractivity contribution < 1.29 is 27.4 Å². The summed E-state index contributed by atoms with van der Waals surface area (Å²) in [7, 11) is -4.67. The fourth-order valence-corrected chi connectivity index (χ4v) is 5.32. The molecule has 0 aliphatic rings. The van der Waals surface area contributed by atoms with E-state index in [4.69, 9.17) is 0 Å². The number of nitrogens with one attached hydrogen (secondary N) is 1. The first-order valence-electron chi connectivity index (χ1n) is 10.2. The van der Waals surface area contributed by atoms with E-state index in [-0.39, 0.29) is 22.7 Å². The van der Waals surface area contributed by atoms with E-state index in [0.717, 1.165) is 23.6 Å². The Morgan fingerprint density at radius 3 is 2.03 bits per heavy atom. The molecule has 8 heteroatoms. The maximum atomic E-state index is 14.3. The molecule has 34 heavy (non-hydrogen) atoms. The molecule has 170 valence electrons. The lowest BCUT2D eigenvalue weighted by Gasteiger charge is -2.17. The molecule has 0 heterocycles. The molecule has 0 spiro atoms. The van der Waals surface area contributed by atoms with Crippen molar-refractivity contribution in [3.05, 3.63) is 96.6 Å². The number of aromatic hydroxyl groups is 2. The van der Waals surface area contributed by atoms with Crippen LogP contribution in [0.5, 0.6) is 11.5 Å². The summed E-state index contributed by atoms with van der Waals surface area (Å²) in [5.74, 6) is -2.77. The molecular weight excluding hydrogens is 460 g/mol. The molecule has 0 saturated carbocycles. The van der Waals surface area contributed by atoms with E-state index in [1.54, 1.807) is 42.5 Å². The van der Waals surface area contributed by atoms with Crippen molar-refractivity contribution in [1.82, 2.24) is 0 Å². The predicted molar refractivity (Wildman–Crippen MR) is 127 cm³/mol. The summed E-state index contributed by atoms with van der Waals surface area (Å²) in [4.78, 5) is -1.11. The van der Waals surface area contributed by atoms with Crippen LogP contribution < -0.4 is 4.72 Å². The molecule has 0 radical (unpaired) electrons. The van der Waals surface area contributed by atoms with Crippen molar-refractivity contribution in [3.8, 4) is 22.6 Å². The Morgan fingerprint density at radius 2 is 1.32 bits per heavy atom. The number of sulfonamides is 1. The smallest absolute Gasteiger partial charge is 0.267 e. The average molecular weight is 477 g/mol. The minimum atomic E-state index is -4.67. The molecular formula is C26H17F2NO4S. The van der Waals surface area contributed by atoms with E-state index in [0.29, 0.717) is 21.7 Å². The zero-order valence-corrected chi connectivity index (χ0v) is 18.3. The zero-order chi connectivity index (χ0) is 24.0. The van der Waals surface area contributed by atoms with E-state index in [9.17, 15) is 27.4 Å². The van der Waals surface area contributed by atoms with Gasteiger partial charge in [-0.15, -0.1) is 0 Å². The van der Waals surface area contributed by atoms with Gasteiger partial charge in [0, 0.05) is 21.9 Å². The van der Waals surface area contributed by atoms with Gasteiger partial charge >= 0.3 is 0 Å². The number of phenolic OH excluding ortho intramolecular Hbond substituents is 2. The van der Waals surface area contributed by atoms with Crippen LogP contribution in [0.2, 0.25) is 0 Å². The Hall–Kier alpha value is -4.17. The van der Waals surface area contributed by atoms with Crippen LogP contribution in [0.15, 0.2) is 89.8 Å². The third-order valence-electron chi connectivity index (χ3n) is 5.62. The number of halogens is 2. The van der Waals surface area contributed by atoms with Crippen LogP contribution in [-0.4, -0.2) is 18.6 Å². The first kappa shape index (κ1) is 21.7. The summed E-state index contributed by atoms with van der Waals surface area (Å²) in [6.45, 7) is 0. The second kappa shape index (κ2) is 8.00. The average Bonchev–Trinajstić information content (AvgIpc) is 2.81. The van der Waals surface area contributed by atoms with Crippen LogP contribution in [0.25, 0.3) is 32.7 Å². The highest BCUT2D eigenvalue weighted by Crippen LogP contribution is 2.46. The predicted octanol–water partition coefficient (Wildman–Crippen LogP) is 6.15. The number of phenols is 2. The Kier molecular flexibility index (Phi) is 5.10. The van der Waals surface area contributed by atoms with Crippen molar-refractivity contribution in [2.45, 2.75) is 4.90 Å². The SMILES string of the molecule is O=S(=O)(Nc1cc(-c2c(O)ccc3ccccc23)c(O)c2ccccc12)c1c(F)cccc1F. The van der Waals surface area contributed by atoms with Gasteiger partial charge in [0.25, 0.3) is 10.0 Å². The van der Waals surface area contributed by atoms with Gasteiger partial charge < -0.3 is 10.2 Å². The second-order valence-electron chi connectivity index (χ2n) is 7.70. The minimum absolute atomic E-state index is 0.0154. The Morgan fingerprint density at radius 1 is 0.706 bits per heavy atom. The lowest BCUT2D eigenvalue weighted by molar-refractivity contribution is 0.472. The van der Waals surface area contributed by atoms with Crippen molar-refractivity contribution in [3.63, 3.8) is 0 Å². The molecule has 0 aliphatic heterocycles. The van der Waals surface area contributed by atoms with Gasteiger partial charge in [0.2, 0.25) is 0 Å². The van der Waals surface area contributed by atoms with Gasteiger partial charge in [-0.1, -0.05) is 60.7 Å². The number of hydrogen-bond donors (Lipinski definition) is 3. The van der Waals surface area contributed by atoms with E-state index in [1.807, 2.05) is 12.1 Å². The monoisotopic (exact) mass is 477 g/mol. The Balaban J connectivity index is 1.79. The minimum Gasteiger partial charge on any atom is -0.507 e. The molecule has 0 amide bonds. The van der Waals surface area contributed by atoms with Crippen molar-refractivity contribution in [2.24, 2.45) is 0 Å². The summed E-state index contributed by atoms with van der Waals surface area (Å²) in [5, 5.41) is 23.8. The van der Waals surface area contributed by atoms with Crippen molar-refractivity contribution in [1.29, 1.82) is 0 Å². The maximum Gasteiger partial charge on any atom is 0.267 e. The zero-order valence-electron chi connectivity index (χ0n) is 17.5. The summed E-state index contributed by atoms with van der Waals surface area (Å²) in [6, 6.07) is 21.0. The van der Waals surface area contributed by atoms with E-state index < -0.39 is 26.6 Å². The molecule has 0 unspecified atom stereocenters. The van der Waals surface area contributed by atoms with Crippen LogP contribution >= 0.6 is 0 Å². The third-order valence-corrected chi connectivity index (χ3v) is 7.04. The summed E-state index contributed by atoms with van der Waals surface area (Å²) < 4.78 is 56.8. The van der Waals surface area contributed by atoms with Crippen molar-refractivity contribution in [2.75, 3.05) is 4.72 Å². The topological polar surface area (TPSA) is 86.6 Å². The Bertz CT molecular complexity index is 1680. The first-order valence-corrected chi connectivity index (χ1v) is 11.7. The highest BCUT2D eigenvalue weighted by atomic mass is 32.2. The summed E-state index contributed by atoms with van der Waals surface area (Å²) in [6.07, 6.45) is 0. The fraction of sp³-hybridized carbons (Fsp3) is 0. The number of hydrogen-bond acceptors (Lipinski definition) is 4. The van der Waals surface area contributed by atoms with Gasteiger partial charge in [0.05, 0.1) is 5.69 Å². The quantitative estimate of drug-likeness (QED) is 0.271. The number of rotatable bonds is 4. The van der Waals surface area contributed by atoms with Gasteiger partial charge in [-0.05, 0) is 35.0 Å². The molecule has 0 bridgehead atoms. The first-order chi connectivity index (χ1) is 16.3. The van der Waals surface area contributed by atoms with E-state index in [2.05, 4.69) is 4.72 Å². The maximum absolute atomic E-state index is 14.3. The van der Waals surface area contributed by atoms with E-state index in [1.165, 1.54) is 12.1 Å². The standard InChI is InChI=1S/C26H17F2NO4S/c27-20-10-5-11-21(28)26(20)34(32,33)29-22-14-19(25(31)18-9-4-3-8-17(18)22)24-16-7-2-1-6-15(16)12-13-23(24)30/h1-14,29-31H. The van der Waals surface area contributed by atoms with Gasteiger partial charge in [-0.3, -0.25) is 4.72 Å². The number of anilines is 1. The van der Waals surface area contributed by atoms with Crippen LogP contribution in [-0.2, 0) is 10.0 Å². The van der Waals surface area contributed by atoms with Crippen LogP contribution in [0, 0.1) is 11.6 Å². The molecule has 0 aliphatic carbocycles. The summed E-state index contributed by atoms with van der Waals surface area (Å²) >= 11 is 0. The molecule has 0 fully saturated rings. The third kappa shape index (κ3) is 3.48. The molecule has 3 N–H and O–H groups in total. The highest BCUT2D eigenvalue weighted by molar-refractivity contribution is 7.92. The number of benzene rings is 5. The van der Waals surface area contributed by atoms with Gasteiger partial charge in [-0.2, -0.15) is 0 Å². The van der Waals surface area contributed by atoms with Gasteiger partial charge in [-0.25, -0.2) is 17.2 Å². The molecule has 0 atom stereocenters. The summed E-state index contributed by atoms with van der Waals surface area (Å²) in [5.41, 5.74) is 0.428. The fourth-order valence-electron chi connectivity index (χ4n) is 4.11. The molecule has 0 saturated heterocycles. The largest absolute Gasteiger partial charge is 0.507 e. The van der Waals surface area contributed by atoms with Crippen LogP contribution in [0.3, 0.4) is 0 Å². The number of fused-ring (bicyclic) bond motifs is 2. The van der Waals surface area contributed by atoms with Crippen LogP contribution in [0.1, 0.15) is 0 Å². The molecule has 5 rings (SSSR count). The van der Waals surface area contributed by atoms with Crippen molar-refractivity contribution >= 4 is 37.3 Å². The lowest BCUT2D eigenvalue weighted by atomic mass is 9.93. The normalized spacial score (nSPS) is 11.7. The molecule has 5 aromatic rings. The second-order valence-corrected chi connectivity index (χ2v) is 9.32. The Labute approximate surface area is 193 Å². The van der Waals surface area contributed by atoms with Gasteiger partial charge in [0.1, 0.15) is 23.1 Å². The molecule has 5 aromatic carbocycles. The van der Waals surface area contributed by atoms with Gasteiger partial charge in [0.15, 0.2) is 4.90 Å². The van der Waals surface area contributed by atoms with Crippen LogP contribution in [0.4, 0.5) is 14.5 Å². The molecule has 5 nitrogen and oxygen atoms in total. The van der Waals surface area contributed by atoms with E-state index >= 15 is 0 Å². The lowest BCUT2D eigenvalue weighted by Crippen LogP contribution is -2.16. The highest BCUT2D eigenvalue weighted by Gasteiger charge is 2.26. The molecule has 0 aromatic heterocycles.